The van der Waals surface area contributed by atoms with Crippen molar-refractivity contribution in [3.8, 4) is 0 Å². The van der Waals surface area contributed by atoms with Gasteiger partial charge < -0.3 is 5.32 Å². The van der Waals surface area contributed by atoms with E-state index >= 15 is 0 Å². The first-order valence-electron chi connectivity index (χ1n) is 6.41. The zero-order valence-electron chi connectivity index (χ0n) is 10.8. The Bertz CT molecular complexity index is 170. The smallest absolute Gasteiger partial charge is 0.0141 e. The Kier molecular flexibility index (Phi) is 6.06. The molecule has 0 saturated heterocycles. The molecule has 0 amide bonds. The summed E-state index contributed by atoms with van der Waals surface area (Å²) in [6, 6.07) is 0.786. The quantitative estimate of drug-likeness (QED) is 0.774. The fourth-order valence-electron chi connectivity index (χ4n) is 2.61. The van der Waals surface area contributed by atoms with Crippen LogP contribution in [0, 0.1) is 11.8 Å². The van der Waals surface area contributed by atoms with E-state index in [0.717, 1.165) is 23.1 Å². The van der Waals surface area contributed by atoms with Crippen LogP contribution in [-0.4, -0.2) is 24.1 Å². The molecule has 3 unspecified atom stereocenters. The monoisotopic (exact) mass is 229 g/mol. The van der Waals surface area contributed by atoms with E-state index in [4.69, 9.17) is 0 Å². The number of hydrogen-bond donors (Lipinski definition) is 1. The minimum Gasteiger partial charge on any atom is -0.313 e. The minimum absolute atomic E-state index is 0.750. The van der Waals surface area contributed by atoms with Crippen molar-refractivity contribution in [3.63, 3.8) is 0 Å². The molecule has 1 N–H and O–H groups in total. The zero-order chi connectivity index (χ0) is 11.3. The molecule has 1 nitrogen and oxygen atoms in total. The summed E-state index contributed by atoms with van der Waals surface area (Å²) in [6.45, 7) is 8.24. The fraction of sp³-hybridized carbons (Fsp3) is 1.00. The second kappa shape index (κ2) is 6.80. The number of thioether (sulfide) groups is 1. The molecule has 3 atom stereocenters. The van der Waals surface area contributed by atoms with E-state index in [0.29, 0.717) is 0 Å². The van der Waals surface area contributed by atoms with Crippen molar-refractivity contribution < 1.29 is 0 Å². The molecule has 1 aliphatic rings. The maximum Gasteiger partial charge on any atom is 0.0141 e. The van der Waals surface area contributed by atoms with E-state index in [1.54, 1.807) is 0 Å². The third-order valence-corrected chi connectivity index (χ3v) is 4.72. The van der Waals surface area contributed by atoms with Gasteiger partial charge >= 0.3 is 0 Å². The van der Waals surface area contributed by atoms with Crippen molar-refractivity contribution >= 4 is 11.8 Å². The lowest BCUT2D eigenvalue weighted by Gasteiger charge is -2.35. The fourth-order valence-corrected chi connectivity index (χ4v) is 2.87. The van der Waals surface area contributed by atoms with Gasteiger partial charge in [-0.05, 0) is 30.9 Å². The number of nitrogens with one attached hydrogen (secondary N) is 1. The maximum atomic E-state index is 3.78. The molecule has 15 heavy (non-hydrogen) atoms. The average molecular weight is 229 g/mol. The normalized spacial score (nSPS) is 29.4. The highest BCUT2D eigenvalue weighted by Gasteiger charge is 2.27. The van der Waals surface area contributed by atoms with Gasteiger partial charge in [-0.2, -0.15) is 11.8 Å². The van der Waals surface area contributed by atoms with Gasteiger partial charge in [0, 0.05) is 17.8 Å². The van der Waals surface area contributed by atoms with E-state index in [1.165, 1.54) is 32.2 Å². The first-order valence-corrected chi connectivity index (χ1v) is 7.70. The first-order chi connectivity index (χ1) is 7.15. The Morgan fingerprint density at radius 1 is 1.20 bits per heavy atom. The molecular weight excluding hydrogens is 202 g/mol. The molecule has 0 aliphatic heterocycles. The van der Waals surface area contributed by atoms with Crippen LogP contribution in [0.1, 0.15) is 46.5 Å². The molecule has 1 fully saturated rings. The summed E-state index contributed by atoms with van der Waals surface area (Å²) in [5.74, 6) is 1.75. The minimum atomic E-state index is 0.750. The molecule has 1 aliphatic carbocycles. The highest BCUT2D eigenvalue weighted by atomic mass is 32.2. The molecule has 0 spiro atoms. The molecule has 2 heteroatoms. The average Bonchev–Trinajstić information content (AvgIpc) is 2.26. The summed E-state index contributed by atoms with van der Waals surface area (Å²) in [5.41, 5.74) is 0. The second-order valence-electron chi connectivity index (χ2n) is 5.25. The molecule has 0 aromatic carbocycles. The maximum absolute atomic E-state index is 3.78. The largest absolute Gasteiger partial charge is 0.313 e. The van der Waals surface area contributed by atoms with Crippen molar-refractivity contribution in [3.05, 3.63) is 0 Å². The molecule has 1 rings (SSSR count). The van der Waals surface area contributed by atoms with Gasteiger partial charge in [-0.25, -0.2) is 0 Å². The van der Waals surface area contributed by atoms with Crippen LogP contribution in [0.15, 0.2) is 0 Å². The van der Waals surface area contributed by atoms with Crippen LogP contribution < -0.4 is 5.32 Å². The second-order valence-corrected chi connectivity index (χ2v) is 6.53. The Morgan fingerprint density at radius 3 is 2.47 bits per heavy atom. The van der Waals surface area contributed by atoms with Crippen LogP contribution in [0.5, 0.6) is 0 Å². The van der Waals surface area contributed by atoms with Crippen molar-refractivity contribution in [2.75, 3.05) is 12.8 Å². The van der Waals surface area contributed by atoms with E-state index in [2.05, 4.69) is 32.3 Å². The molecule has 0 aromatic rings. The van der Waals surface area contributed by atoms with Crippen LogP contribution in [0.4, 0.5) is 0 Å². The van der Waals surface area contributed by atoms with Crippen molar-refractivity contribution in [1.82, 2.24) is 5.32 Å². The van der Waals surface area contributed by atoms with Gasteiger partial charge in [0.2, 0.25) is 0 Å². The molecule has 90 valence electrons. The Morgan fingerprint density at radius 2 is 1.87 bits per heavy atom. The van der Waals surface area contributed by atoms with Crippen molar-refractivity contribution in [1.29, 1.82) is 0 Å². The highest BCUT2D eigenvalue weighted by Crippen LogP contribution is 2.30. The van der Waals surface area contributed by atoms with E-state index in [-0.39, 0.29) is 0 Å². The van der Waals surface area contributed by atoms with Crippen LogP contribution in [-0.2, 0) is 0 Å². The van der Waals surface area contributed by atoms with Crippen LogP contribution in [0.3, 0.4) is 0 Å². The Hall–Kier alpha value is 0.310. The summed E-state index contributed by atoms with van der Waals surface area (Å²) in [5, 5.41) is 4.53. The molecule has 0 radical (unpaired) electrons. The zero-order valence-corrected chi connectivity index (χ0v) is 11.6. The number of hydrogen-bond acceptors (Lipinski definition) is 2. The predicted molar refractivity (Wildman–Crippen MR) is 71.6 cm³/mol. The van der Waals surface area contributed by atoms with Crippen LogP contribution in [0.2, 0.25) is 0 Å². The SMILES string of the molecule is CSC(C)CNC1CCCCC1C(C)C. The lowest BCUT2D eigenvalue weighted by atomic mass is 9.78. The lowest BCUT2D eigenvalue weighted by molar-refractivity contribution is 0.207. The summed E-state index contributed by atoms with van der Waals surface area (Å²) in [4.78, 5) is 0. The van der Waals surface area contributed by atoms with Gasteiger partial charge in [0.15, 0.2) is 0 Å². The summed E-state index contributed by atoms with van der Waals surface area (Å²) >= 11 is 1.96. The van der Waals surface area contributed by atoms with E-state index in [9.17, 15) is 0 Å². The predicted octanol–water partition coefficient (Wildman–Crippen LogP) is 3.54. The Balaban J connectivity index is 2.36. The van der Waals surface area contributed by atoms with E-state index < -0.39 is 0 Å². The van der Waals surface area contributed by atoms with Gasteiger partial charge in [0.05, 0.1) is 0 Å². The topological polar surface area (TPSA) is 12.0 Å². The Labute approximate surface area is 99.8 Å². The van der Waals surface area contributed by atoms with Gasteiger partial charge in [-0.3, -0.25) is 0 Å². The standard InChI is InChI=1S/C13H27NS/c1-10(2)12-7-5-6-8-13(12)14-9-11(3)15-4/h10-14H,5-9H2,1-4H3. The van der Waals surface area contributed by atoms with Crippen molar-refractivity contribution in [2.24, 2.45) is 11.8 Å². The molecular formula is C13H27NS. The first kappa shape index (κ1) is 13.4. The van der Waals surface area contributed by atoms with Gasteiger partial charge in [-0.15, -0.1) is 0 Å². The van der Waals surface area contributed by atoms with Gasteiger partial charge in [0.25, 0.3) is 0 Å². The van der Waals surface area contributed by atoms with Gasteiger partial charge in [0.1, 0.15) is 0 Å². The van der Waals surface area contributed by atoms with Crippen LogP contribution in [0.25, 0.3) is 0 Å². The third kappa shape index (κ3) is 4.36. The highest BCUT2D eigenvalue weighted by molar-refractivity contribution is 7.99. The molecule has 0 bridgehead atoms. The summed E-state index contributed by atoms with van der Waals surface area (Å²) in [7, 11) is 0. The lowest BCUT2D eigenvalue weighted by Crippen LogP contribution is -2.43. The van der Waals surface area contributed by atoms with Crippen molar-refractivity contribution in [2.45, 2.75) is 57.7 Å². The molecule has 1 saturated carbocycles. The van der Waals surface area contributed by atoms with Gasteiger partial charge in [-0.1, -0.05) is 33.6 Å². The molecule has 0 aromatic heterocycles. The third-order valence-electron chi connectivity index (χ3n) is 3.75. The molecule has 0 heterocycles. The number of rotatable bonds is 5. The van der Waals surface area contributed by atoms with E-state index in [1.807, 2.05) is 11.8 Å². The summed E-state index contributed by atoms with van der Waals surface area (Å²) in [6.07, 6.45) is 7.90. The summed E-state index contributed by atoms with van der Waals surface area (Å²) < 4.78 is 0. The van der Waals surface area contributed by atoms with Crippen LogP contribution >= 0.6 is 11.8 Å².